The van der Waals surface area contributed by atoms with Crippen molar-refractivity contribution in [3.8, 4) is 11.5 Å². The standard InChI is InChI=1S/C19H19N3O3S2/c1-10-11(2)26-18-16(10)19(21-9-20-18)27-12(3)17(23)22-13-4-5-14-15(8-13)25-7-6-24-14/h4-5,8-9,12H,6-7H2,1-3H3,(H,22,23)/t12-/m1/s1. The van der Waals surface area contributed by atoms with Gasteiger partial charge in [0.2, 0.25) is 5.91 Å². The van der Waals surface area contributed by atoms with Crippen LogP contribution in [0, 0.1) is 13.8 Å². The topological polar surface area (TPSA) is 73.3 Å². The Bertz CT molecular complexity index is 1020. The van der Waals surface area contributed by atoms with Crippen LogP contribution in [0.3, 0.4) is 0 Å². The van der Waals surface area contributed by atoms with Crippen LogP contribution in [0.25, 0.3) is 10.2 Å². The third kappa shape index (κ3) is 3.59. The van der Waals surface area contributed by atoms with Gasteiger partial charge in [0.25, 0.3) is 0 Å². The smallest absolute Gasteiger partial charge is 0.237 e. The fourth-order valence-electron chi connectivity index (χ4n) is 2.83. The van der Waals surface area contributed by atoms with E-state index in [9.17, 15) is 4.79 Å². The Morgan fingerprint density at radius 2 is 2.00 bits per heavy atom. The molecule has 1 N–H and O–H groups in total. The molecule has 1 aromatic carbocycles. The van der Waals surface area contributed by atoms with Gasteiger partial charge in [0.1, 0.15) is 29.4 Å². The first kappa shape index (κ1) is 18.1. The number of anilines is 1. The first-order chi connectivity index (χ1) is 13.0. The van der Waals surface area contributed by atoms with Crippen LogP contribution in [0.5, 0.6) is 11.5 Å². The van der Waals surface area contributed by atoms with E-state index in [1.54, 1.807) is 23.7 Å². The molecule has 3 aromatic rings. The van der Waals surface area contributed by atoms with Crippen molar-refractivity contribution in [2.75, 3.05) is 18.5 Å². The summed E-state index contributed by atoms with van der Waals surface area (Å²) in [6, 6.07) is 5.42. The normalized spacial score (nSPS) is 14.2. The fraction of sp³-hybridized carbons (Fsp3) is 0.316. The largest absolute Gasteiger partial charge is 0.486 e. The lowest BCUT2D eigenvalue weighted by molar-refractivity contribution is -0.115. The quantitative estimate of drug-likeness (QED) is 0.522. The van der Waals surface area contributed by atoms with Crippen LogP contribution in [0.4, 0.5) is 5.69 Å². The zero-order valence-electron chi connectivity index (χ0n) is 15.2. The number of benzene rings is 1. The van der Waals surface area contributed by atoms with Crippen molar-refractivity contribution < 1.29 is 14.3 Å². The van der Waals surface area contributed by atoms with Gasteiger partial charge in [-0.25, -0.2) is 9.97 Å². The number of thioether (sulfide) groups is 1. The Balaban J connectivity index is 1.50. The van der Waals surface area contributed by atoms with Crippen LogP contribution >= 0.6 is 23.1 Å². The maximum absolute atomic E-state index is 12.7. The number of nitrogens with one attached hydrogen (secondary N) is 1. The van der Waals surface area contributed by atoms with Crippen LogP contribution in [0.15, 0.2) is 29.6 Å². The minimum absolute atomic E-state index is 0.0898. The molecule has 8 heteroatoms. The van der Waals surface area contributed by atoms with Gasteiger partial charge >= 0.3 is 0 Å². The maximum Gasteiger partial charge on any atom is 0.237 e. The lowest BCUT2D eigenvalue weighted by Crippen LogP contribution is -2.23. The highest BCUT2D eigenvalue weighted by molar-refractivity contribution is 8.00. The fourth-order valence-corrected chi connectivity index (χ4v) is 4.86. The predicted octanol–water partition coefficient (Wildman–Crippen LogP) is 4.20. The second-order valence-electron chi connectivity index (χ2n) is 6.25. The van der Waals surface area contributed by atoms with Gasteiger partial charge < -0.3 is 14.8 Å². The highest BCUT2D eigenvalue weighted by Crippen LogP contribution is 2.36. The molecule has 1 aliphatic heterocycles. The number of amides is 1. The van der Waals surface area contributed by atoms with Crippen molar-refractivity contribution >= 4 is 44.9 Å². The van der Waals surface area contributed by atoms with Crippen molar-refractivity contribution in [3.63, 3.8) is 0 Å². The zero-order chi connectivity index (χ0) is 19.0. The van der Waals surface area contributed by atoms with Crippen LogP contribution in [-0.4, -0.2) is 34.3 Å². The third-order valence-corrected chi connectivity index (χ3v) is 6.61. The van der Waals surface area contributed by atoms with Crippen molar-refractivity contribution in [1.82, 2.24) is 9.97 Å². The van der Waals surface area contributed by atoms with Gasteiger partial charge in [0, 0.05) is 22.0 Å². The SMILES string of the molecule is Cc1sc2ncnc(S[C@H](C)C(=O)Nc3ccc4c(c3)OCCO4)c2c1C. The van der Waals surface area contributed by atoms with E-state index in [0.29, 0.717) is 30.4 Å². The monoisotopic (exact) mass is 401 g/mol. The van der Waals surface area contributed by atoms with Gasteiger partial charge in [-0.3, -0.25) is 4.79 Å². The Kier molecular flexibility index (Phi) is 4.92. The number of carbonyl (C=O) groups excluding carboxylic acids is 1. The number of hydrogen-bond acceptors (Lipinski definition) is 7. The molecule has 1 aliphatic rings. The summed E-state index contributed by atoms with van der Waals surface area (Å²) in [6.45, 7) is 7.08. The Morgan fingerprint density at radius 1 is 1.22 bits per heavy atom. The molecule has 6 nitrogen and oxygen atoms in total. The van der Waals surface area contributed by atoms with Crippen LogP contribution < -0.4 is 14.8 Å². The molecule has 3 heterocycles. The van der Waals surface area contributed by atoms with E-state index in [4.69, 9.17) is 9.47 Å². The summed E-state index contributed by atoms with van der Waals surface area (Å²) in [6.07, 6.45) is 1.56. The molecule has 0 bridgehead atoms. The maximum atomic E-state index is 12.7. The first-order valence-corrected chi connectivity index (χ1v) is 10.3. The molecule has 0 saturated heterocycles. The van der Waals surface area contributed by atoms with Gasteiger partial charge in [-0.15, -0.1) is 11.3 Å². The minimum atomic E-state index is -0.309. The molecule has 4 rings (SSSR count). The van der Waals surface area contributed by atoms with E-state index >= 15 is 0 Å². The van der Waals surface area contributed by atoms with Gasteiger partial charge in [-0.05, 0) is 38.5 Å². The molecular formula is C19H19N3O3S2. The molecule has 140 valence electrons. The number of rotatable bonds is 4. The molecule has 1 amide bonds. The van der Waals surface area contributed by atoms with E-state index in [0.717, 1.165) is 15.2 Å². The molecule has 1 atom stereocenters. The van der Waals surface area contributed by atoms with Crippen molar-refractivity contribution in [3.05, 3.63) is 35.0 Å². The molecule has 0 unspecified atom stereocenters. The zero-order valence-corrected chi connectivity index (χ0v) is 16.9. The van der Waals surface area contributed by atoms with Gasteiger partial charge in [0.15, 0.2) is 11.5 Å². The van der Waals surface area contributed by atoms with Gasteiger partial charge in [-0.1, -0.05) is 11.8 Å². The molecule has 0 spiro atoms. The predicted molar refractivity (Wildman–Crippen MR) is 108 cm³/mol. The Morgan fingerprint density at radius 3 is 2.81 bits per heavy atom. The second kappa shape index (κ2) is 7.36. The number of aromatic nitrogens is 2. The lowest BCUT2D eigenvalue weighted by atomic mass is 10.2. The summed E-state index contributed by atoms with van der Waals surface area (Å²) in [5.74, 6) is 1.27. The summed E-state index contributed by atoms with van der Waals surface area (Å²) in [5.41, 5.74) is 1.87. The molecule has 0 aliphatic carbocycles. The summed E-state index contributed by atoms with van der Waals surface area (Å²) >= 11 is 3.10. The number of hydrogen-bond donors (Lipinski definition) is 1. The van der Waals surface area contributed by atoms with Crippen molar-refractivity contribution in [1.29, 1.82) is 0 Å². The van der Waals surface area contributed by atoms with Crippen molar-refractivity contribution in [2.24, 2.45) is 0 Å². The van der Waals surface area contributed by atoms with E-state index < -0.39 is 0 Å². The van der Waals surface area contributed by atoms with E-state index in [2.05, 4.69) is 29.1 Å². The van der Waals surface area contributed by atoms with E-state index in [-0.39, 0.29) is 11.2 Å². The van der Waals surface area contributed by atoms with Crippen molar-refractivity contribution in [2.45, 2.75) is 31.0 Å². The molecule has 27 heavy (non-hydrogen) atoms. The lowest BCUT2D eigenvalue weighted by Gasteiger charge is -2.19. The summed E-state index contributed by atoms with van der Waals surface area (Å²) in [7, 11) is 0. The molecule has 0 saturated carbocycles. The number of fused-ring (bicyclic) bond motifs is 2. The summed E-state index contributed by atoms with van der Waals surface area (Å²) < 4.78 is 11.1. The number of ether oxygens (including phenoxy) is 2. The number of nitrogens with zero attached hydrogens (tertiary/aromatic N) is 2. The molecule has 2 aromatic heterocycles. The van der Waals surface area contributed by atoms with Crippen LogP contribution in [-0.2, 0) is 4.79 Å². The molecule has 0 fully saturated rings. The Labute approximate surface area is 165 Å². The van der Waals surface area contributed by atoms with Crippen LogP contribution in [0.1, 0.15) is 17.4 Å². The summed E-state index contributed by atoms with van der Waals surface area (Å²) in [4.78, 5) is 23.6. The average Bonchev–Trinajstić information content (AvgIpc) is 2.96. The van der Waals surface area contributed by atoms with E-state index in [1.165, 1.54) is 22.2 Å². The summed E-state index contributed by atoms with van der Waals surface area (Å²) in [5, 5.41) is 4.52. The highest BCUT2D eigenvalue weighted by Gasteiger charge is 2.20. The third-order valence-electron chi connectivity index (χ3n) is 4.40. The Hall–Kier alpha value is -2.32. The van der Waals surface area contributed by atoms with Crippen LogP contribution in [0.2, 0.25) is 0 Å². The number of carbonyl (C=O) groups is 1. The molecule has 0 radical (unpaired) electrons. The van der Waals surface area contributed by atoms with E-state index in [1.807, 2.05) is 19.1 Å². The van der Waals surface area contributed by atoms with Gasteiger partial charge in [-0.2, -0.15) is 0 Å². The second-order valence-corrected chi connectivity index (χ2v) is 8.78. The number of thiophene rings is 1. The first-order valence-electron chi connectivity index (χ1n) is 8.61. The molecular weight excluding hydrogens is 382 g/mol. The number of aryl methyl sites for hydroxylation is 2. The highest BCUT2D eigenvalue weighted by atomic mass is 32.2. The van der Waals surface area contributed by atoms with Gasteiger partial charge in [0.05, 0.1) is 5.25 Å². The minimum Gasteiger partial charge on any atom is -0.486 e. The average molecular weight is 402 g/mol.